The van der Waals surface area contributed by atoms with E-state index in [9.17, 15) is 19.1 Å². The molecular weight excluding hydrogens is 520 g/mol. The molecule has 2 aliphatic heterocycles. The molecule has 1 spiro atoms. The quantitative estimate of drug-likeness (QED) is 0.360. The summed E-state index contributed by atoms with van der Waals surface area (Å²) in [6.07, 6.45) is -0.313. The van der Waals surface area contributed by atoms with Crippen LogP contribution in [0.15, 0.2) is 36.4 Å². The van der Waals surface area contributed by atoms with Crippen molar-refractivity contribution in [2.24, 2.45) is 5.41 Å². The fraction of sp³-hybridized carbons (Fsp3) is 0.481. The van der Waals surface area contributed by atoms with Crippen molar-refractivity contribution in [1.29, 1.82) is 0 Å². The Balaban J connectivity index is 1.90. The van der Waals surface area contributed by atoms with E-state index >= 15 is 0 Å². The fourth-order valence-corrected chi connectivity index (χ4v) is 6.08. The number of aliphatic hydroxyl groups is 2. The van der Waals surface area contributed by atoms with E-state index in [4.69, 9.17) is 28.3 Å². The standard InChI is InChI=1S/C27H32Cl2FN3O4/c1-26(2,3)12-21-27(17-10-19(30)18(29)11-20(17)32-25(27)37)22(14-5-4-6-15(28)9-14)23(33-21)24(36)31-13-16(35)7-8-34/h4-6,9-11,16,21-23,33-35H,7-8,12-13H2,1-3H3,(H,31,36)(H,32,37)/t16-,21-,22+,23-,27+/m1/s1. The summed E-state index contributed by atoms with van der Waals surface area (Å²) in [6, 6.07) is 8.22. The molecule has 2 aliphatic rings. The van der Waals surface area contributed by atoms with Crippen molar-refractivity contribution in [2.75, 3.05) is 18.5 Å². The molecule has 37 heavy (non-hydrogen) atoms. The highest BCUT2D eigenvalue weighted by Crippen LogP contribution is 2.57. The fourth-order valence-electron chi connectivity index (χ4n) is 5.71. The number of amides is 2. The van der Waals surface area contributed by atoms with Crippen LogP contribution in [0.25, 0.3) is 0 Å². The van der Waals surface area contributed by atoms with Crippen LogP contribution in [0.3, 0.4) is 0 Å². The molecule has 4 rings (SSSR count). The summed E-state index contributed by atoms with van der Waals surface area (Å²) in [5.41, 5.74) is -0.110. The van der Waals surface area contributed by atoms with Gasteiger partial charge in [0.15, 0.2) is 0 Å². The van der Waals surface area contributed by atoms with Gasteiger partial charge in [0.25, 0.3) is 0 Å². The molecule has 0 radical (unpaired) electrons. The Morgan fingerprint density at radius 2 is 1.97 bits per heavy atom. The van der Waals surface area contributed by atoms with Gasteiger partial charge in [0.1, 0.15) is 11.2 Å². The number of fused-ring (bicyclic) bond motifs is 2. The number of carbonyl (C=O) groups is 2. The first-order valence-corrected chi connectivity index (χ1v) is 13.0. The van der Waals surface area contributed by atoms with Crippen LogP contribution in [0, 0.1) is 11.2 Å². The summed E-state index contributed by atoms with van der Waals surface area (Å²) >= 11 is 12.4. The van der Waals surface area contributed by atoms with E-state index in [-0.39, 0.29) is 35.9 Å². The third-order valence-electron chi connectivity index (χ3n) is 7.17. The summed E-state index contributed by atoms with van der Waals surface area (Å²) in [5, 5.41) is 28.5. The highest BCUT2D eigenvalue weighted by atomic mass is 35.5. The summed E-state index contributed by atoms with van der Waals surface area (Å²) in [4.78, 5) is 27.6. The van der Waals surface area contributed by atoms with Gasteiger partial charge in [-0.2, -0.15) is 0 Å². The average Bonchev–Trinajstić information content (AvgIpc) is 3.27. The Labute approximate surface area is 225 Å². The van der Waals surface area contributed by atoms with Gasteiger partial charge >= 0.3 is 0 Å². The molecule has 1 saturated heterocycles. The van der Waals surface area contributed by atoms with Gasteiger partial charge in [-0.1, -0.05) is 56.1 Å². The summed E-state index contributed by atoms with van der Waals surface area (Å²) in [5.74, 6) is -2.19. The molecule has 2 aromatic carbocycles. The van der Waals surface area contributed by atoms with Crippen molar-refractivity contribution in [3.05, 3.63) is 63.4 Å². The normalized spacial score (nSPS) is 25.7. The van der Waals surface area contributed by atoms with Gasteiger partial charge in [0.2, 0.25) is 11.8 Å². The van der Waals surface area contributed by atoms with Crippen molar-refractivity contribution in [2.45, 2.75) is 63.1 Å². The third-order valence-corrected chi connectivity index (χ3v) is 7.69. The Kier molecular flexibility index (Phi) is 7.89. The minimum Gasteiger partial charge on any atom is -0.396 e. The van der Waals surface area contributed by atoms with E-state index in [1.54, 1.807) is 24.3 Å². The minimum absolute atomic E-state index is 0.0657. The zero-order valence-corrected chi connectivity index (χ0v) is 22.5. The molecule has 10 heteroatoms. The topological polar surface area (TPSA) is 111 Å². The van der Waals surface area contributed by atoms with Crippen molar-refractivity contribution < 1.29 is 24.2 Å². The molecule has 7 nitrogen and oxygen atoms in total. The van der Waals surface area contributed by atoms with E-state index in [0.29, 0.717) is 28.3 Å². The molecule has 2 aromatic rings. The zero-order valence-electron chi connectivity index (χ0n) is 20.9. The van der Waals surface area contributed by atoms with E-state index in [0.717, 1.165) is 0 Å². The summed E-state index contributed by atoms with van der Waals surface area (Å²) < 4.78 is 14.9. The molecule has 0 unspecified atom stereocenters. The maximum Gasteiger partial charge on any atom is 0.237 e. The highest BCUT2D eigenvalue weighted by Gasteiger charge is 2.65. The van der Waals surface area contributed by atoms with Crippen LogP contribution in [-0.4, -0.2) is 53.4 Å². The van der Waals surface area contributed by atoms with Crippen LogP contribution >= 0.6 is 23.2 Å². The van der Waals surface area contributed by atoms with E-state index in [2.05, 4.69) is 16.0 Å². The smallest absolute Gasteiger partial charge is 0.237 e. The second-order valence-corrected chi connectivity index (χ2v) is 11.9. The SMILES string of the molecule is CC(C)(C)C[C@H]1N[C@@H](C(=O)NC[C@H](O)CCO)[C@H](c2cccc(Cl)c2)[C@@]12C(=O)Nc1cc(Cl)c(F)cc12. The summed E-state index contributed by atoms with van der Waals surface area (Å²) in [6.45, 7) is 5.82. The maximum atomic E-state index is 14.9. The molecule has 2 amide bonds. The van der Waals surface area contributed by atoms with E-state index < -0.39 is 41.2 Å². The molecule has 1 fully saturated rings. The first-order valence-electron chi connectivity index (χ1n) is 12.3. The van der Waals surface area contributed by atoms with Gasteiger partial charge in [0.05, 0.1) is 17.2 Å². The van der Waals surface area contributed by atoms with Gasteiger partial charge in [-0.25, -0.2) is 4.39 Å². The largest absolute Gasteiger partial charge is 0.396 e. The number of halogens is 3. The Bertz CT molecular complexity index is 1200. The van der Waals surface area contributed by atoms with Gasteiger partial charge in [0, 0.05) is 35.8 Å². The monoisotopic (exact) mass is 551 g/mol. The van der Waals surface area contributed by atoms with Crippen molar-refractivity contribution in [3.63, 3.8) is 0 Å². The second kappa shape index (κ2) is 10.5. The lowest BCUT2D eigenvalue weighted by Gasteiger charge is -2.37. The highest BCUT2D eigenvalue weighted by molar-refractivity contribution is 6.31. The number of nitrogens with one attached hydrogen (secondary N) is 3. The lowest BCUT2D eigenvalue weighted by Crippen LogP contribution is -2.49. The summed E-state index contributed by atoms with van der Waals surface area (Å²) in [7, 11) is 0. The van der Waals surface area contributed by atoms with Gasteiger partial charge < -0.3 is 26.2 Å². The molecule has 0 saturated carbocycles. The van der Waals surface area contributed by atoms with Crippen molar-refractivity contribution in [1.82, 2.24) is 10.6 Å². The number of hydrogen-bond acceptors (Lipinski definition) is 5. The molecule has 200 valence electrons. The molecular formula is C27H32Cl2FN3O4. The molecule has 5 atom stereocenters. The van der Waals surface area contributed by atoms with Crippen LogP contribution in [-0.2, 0) is 15.0 Å². The minimum atomic E-state index is -1.34. The van der Waals surface area contributed by atoms with Gasteiger partial charge in [-0.15, -0.1) is 0 Å². The number of rotatable bonds is 7. The van der Waals surface area contributed by atoms with E-state index in [1.165, 1.54) is 12.1 Å². The van der Waals surface area contributed by atoms with Crippen LogP contribution in [0.1, 0.15) is 50.7 Å². The van der Waals surface area contributed by atoms with Crippen LogP contribution in [0.2, 0.25) is 10.0 Å². The lowest BCUT2D eigenvalue weighted by atomic mass is 9.62. The molecule has 0 aromatic heterocycles. The number of benzene rings is 2. The number of aliphatic hydroxyl groups excluding tert-OH is 2. The first-order chi connectivity index (χ1) is 17.4. The van der Waals surface area contributed by atoms with Gasteiger partial charge in [-0.05, 0) is 53.6 Å². The molecule has 5 N–H and O–H groups in total. The Hall–Kier alpha value is -2.23. The second-order valence-electron chi connectivity index (χ2n) is 11.0. The Morgan fingerprint density at radius 1 is 1.24 bits per heavy atom. The predicted octanol–water partition coefficient (Wildman–Crippen LogP) is 3.74. The number of carbonyl (C=O) groups excluding carboxylic acids is 2. The van der Waals surface area contributed by atoms with Gasteiger partial charge in [-0.3, -0.25) is 9.59 Å². The van der Waals surface area contributed by atoms with Crippen molar-refractivity contribution in [3.8, 4) is 0 Å². The average molecular weight is 552 g/mol. The number of anilines is 1. The molecule has 2 heterocycles. The predicted molar refractivity (Wildman–Crippen MR) is 141 cm³/mol. The lowest BCUT2D eigenvalue weighted by molar-refractivity contribution is -0.124. The Morgan fingerprint density at radius 3 is 2.62 bits per heavy atom. The molecule has 0 bridgehead atoms. The number of hydrogen-bond donors (Lipinski definition) is 5. The van der Waals surface area contributed by atoms with Crippen LogP contribution < -0.4 is 16.0 Å². The van der Waals surface area contributed by atoms with E-state index in [1.807, 2.05) is 20.8 Å². The third kappa shape index (κ3) is 5.22. The first kappa shape index (κ1) is 27.8. The zero-order chi connectivity index (χ0) is 27.1. The van der Waals surface area contributed by atoms with Crippen molar-refractivity contribution >= 4 is 40.7 Å². The molecule has 0 aliphatic carbocycles. The van der Waals surface area contributed by atoms with Crippen LogP contribution in [0.5, 0.6) is 0 Å². The maximum absolute atomic E-state index is 14.9. The van der Waals surface area contributed by atoms with Crippen LogP contribution in [0.4, 0.5) is 10.1 Å².